The van der Waals surface area contributed by atoms with E-state index in [2.05, 4.69) is 4.74 Å². The van der Waals surface area contributed by atoms with E-state index >= 15 is 0 Å². The molecule has 0 aromatic heterocycles. The molecule has 0 atom stereocenters. The third-order valence-corrected chi connectivity index (χ3v) is 2.22. The van der Waals surface area contributed by atoms with E-state index in [0.717, 1.165) is 0 Å². The second-order valence-electron chi connectivity index (χ2n) is 3.72. The van der Waals surface area contributed by atoms with Crippen molar-refractivity contribution in [2.75, 3.05) is 0 Å². The van der Waals surface area contributed by atoms with Crippen molar-refractivity contribution in [3.05, 3.63) is 41.9 Å². The predicted molar refractivity (Wildman–Crippen MR) is 52.3 cm³/mol. The van der Waals surface area contributed by atoms with Crippen LogP contribution in [0.25, 0.3) is 0 Å². The van der Waals surface area contributed by atoms with Gasteiger partial charge in [-0.05, 0) is 17.7 Å². The van der Waals surface area contributed by atoms with Crippen LogP contribution in [0.15, 0.2) is 36.4 Å². The summed E-state index contributed by atoms with van der Waals surface area (Å²) in [5.41, 5.74) is -1.17. The Balaban J connectivity index is 3.08. The zero-order chi connectivity index (χ0) is 16.4. The quantitative estimate of drug-likeness (QED) is 0.541. The third-order valence-electron chi connectivity index (χ3n) is 2.22. The molecule has 1 aromatic carbocycles. The lowest BCUT2D eigenvalue weighted by Crippen LogP contribution is -2.34. The van der Waals surface area contributed by atoms with Crippen molar-refractivity contribution in [2.45, 2.75) is 18.3 Å². The van der Waals surface area contributed by atoms with Crippen molar-refractivity contribution in [3.63, 3.8) is 0 Å². The molecular formula is C11H5F9O. The number of benzene rings is 1. The SMILES string of the molecule is FC(F)=C(F)Oc1ccc(C(C(F)(F)F)C(F)(F)F)cc1. The normalized spacial score (nSPS) is 12.5. The van der Waals surface area contributed by atoms with Crippen LogP contribution in [0.5, 0.6) is 5.75 Å². The molecule has 0 fully saturated rings. The molecule has 0 saturated heterocycles. The minimum absolute atomic E-state index is 0.365. The fourth-order valence-electron chi connectivity index (χ4n) is 1.43. The monoisotopic (exact) mass is 324 g/mol. The number of halogens is 9. The first kappa shape index (κ1) is 17.2. The summed E-state index contributed by atoms with van der Waals surface area (Å²) >= 11 is 0. The highest BCUT2D eigenvalue weighted by atomic mass is 19.4. The molecule has 118 valence electrons. The average Bonchev–Trinajstić information content (AvgIpc) is 2.27. The van der Waals surface area contributed by atoms with Gasteiger partial charge in [-0.25, -0.2) is 0 Å². The van der Waals surface area contributed by atoms with E-state index in [-0.39, 0.29) is 0 Å². The maximum atomic E-state index is 12.4. The first-order valence-electron chi connectivity index (χ1n) is 5.05. The van der Waals surface area contributed by atoms with E-state index in [1.165, 1.54) is 0 Å². The standard InChI is InChI=1S/C11H5F9O/c12-8(13)9(14)21-6-3-1-5(2-4-6)7(10(15,16)17)11(18,19)20/h1-4,7H. The zero-order valence-electron chi connectivity index (χ0n) is 9.70. The van der Waals surface area contributed by atoms with Gasteiger partial charge in [-0.15, -0.1) is 0 Å². The highest BCUT2D eigenvalue weighted by Gasteiger charge is 2.57. The number of alkyl halides is 6. The molecule has 21 heavy (non-hydrogen) atoms. The van der Waals surface area contributed by atoms with Crippen LogP contribution in [-0.2, 0) is 0 Å². The molecule has 0 radical (unpaired) electrons. The highest BCUT2D eigenvalue weighted by Crippen LogP contribution is 2.46. The van der Waals surface area contributed by atoms with Gasteiger partial charge in [0.25, 0.3) is 0 Å². The fraction of sp³-hybridized carbons (Fsp3) is 0.273. The molecule has 1 nitrogen and oxygen atoms in total. The summed E-state index contributed by atoms with van der Waals surface area (Å²) in [6.45, 7) is 0. The minimum Gasteiger partial charge on any atom is -0.428 e. The first-order chi connectivity index (χ1) is 9.43. The van der Waals surface area contributed by atoms with E-state index in [0.29, 0.717) is 24.3 Å². The molecule has 0 aliphatic rings. The summed E-state index contributed by atoms with van der Waals surface area (Å²) in [6, 6.07) is -0.537. The molecule has 0 heterocycles. The van der Waals surface area contributed by atoms with E-state index in [9.17, 15) is 39.5 Å². The summed E-state index contributed by atoms with van der Waals surface area (Å²) in [7, 11) is 0. The molecule has 10 heteroatoms. The van der Waals surface area contributed by atoms with Gasteiger partial charge in [-0.1, -0.05) is 12.1 Å². The third kappa shape index (κ3) is 4.57. The van der Waals surface area contributed by atoms with Gasteiger partial charge in [0.1, 0.15) is 5.75 Å². The van der Waals surface area contributed by atoms with Crippen molar-refractivity contribution in [3.8, 4) is 5.75 Å². The maximum absolute atomic E-state index is 12.4. The average molecular weight is 324 g/mol. The van der Waals surface area contributed by atoms with Crippen LogP contribution in [0, 0.1) is 0 Å². The van der Waals surface area contributed by atoms with E-state index in [4.69, 9.17) is 0 Å². The van der Waals surface area contributed by atoms with Gasteiger partial charge in [0, 0.05) is 0 Å². The molecule has 0 N–H and O–H groups in total. The second-order valence-corrected chi connectivity index (χ2v) is 3.72. The van der Waals surface area contributed by atoms with Crippen LogP contribution in [-0.4, -0.2) is 12.4 Å². The number of ether oxygens (including phenoxy) is 1. The molecule has 0 aliphatic carbocycles. The number of rotatable bonds is 3. The molecular weight excluding hydrogens is 319 g/mol. The predicted octanol–water partition coefficient (Wildman–Crippen LogP) is 5.31. The van der Waals surface area contributed by atoms with Gasteiger partial charge >= 0.3 is 24.4 Å². The van der Waals surface area contributed by atoms with E-state index in [1.807, 2.05) is 0 Å². The Hall–Kier alpha value is -1.87. The van der Waals surface area contributed by atoms with Crippen LogP contribution in [0.1, 0.15) is 11.5 Å². The molecule has 0 unspecified atom stereocenters. The van der Waals surface area contributed by atoms with Crippen molar-refractivity contribution in [1.82, 2.24) is 0 Å². The van der Waals surface area contributed by atoms with E-state index < -0.39 is 41.7 Å². The lowest BCUT2D eigenvalue weighted by atomic mass is 9.98. The van der Waals surface area contributed by atoms with Crippen molar-refractivity contribution < 1.29 is 44.3 Å². The summed E-state index contributed by atoms with van der Waals surface area (Å²) in [5.74, 6) is -4.41. The van der Waals surface area contributed by atoms with Crippen molar-refractivity contribution in [2.24, 2.45) is 0 Å². The topological polar surface area (TPSA) is 9.23 Å². The van der Waals surface area contributed by atoms with Crippen LogP contribution in [0.2, 0.25) is 0 Å². The largest absolute Gasteiger partial charge is 0.428 e. The summed E-state index contributed by atoms with van der Waals surface area (Å²) < 4.78 is 114. The second kappa shape index (κ2) is 5.86. The Morgan fingerprint density at radius 3 is 1.57 bits per heavy atom. The number of hydrogen-bond acceptors (Lipinski definition) is 1. The Bertz CT molecular complexity index is 494. The Labute approximate surface area is 111 Å². The summed E-state index contributed by atoms with van der Waals surface area (Å²) in [6.07, 6.45) is -14.0. The first-order valence-corrected chi connectivity index (χ1v) is 5.05. The van der Waals surface area contributed by atoms with Gasteiger partial charge in [0.05, 0.1) is 0 Å². The Kier molecular flexibility index (Phi) is 4.79. The van der Waals surface area contributed by atoms with Gasteiger partial charge in [-0.2, -0.15) is 39.5 Å². The van der Waals surface area contributed by atoms with Gasteiger partial charge in [0.15, 0.2) is 5.92 Å². The molecule has 0 bridgehead atoms. The highest BCUT2D eigenvalue weighted by molar-refractivity contribution is 5.31. The molecule has 0 saturated carbocycles. The maximum Gasteiger partial charge on any atom is 0.404 e. The van der Waals surface area contributed by atoms with E-state index in [1.54, 1.807) is 0 Å². The summed E-state index contributed by atoms with van der Waals surface area (Å²) in [5, 5.41) is 0. The smallest absolute Gasteiger partial charge is 0.404 e. The Morgan fingerprint density at radius 1 is 0.810 bits per heavy atom. The fourth-order valence-corrected chi connectivity index (χ4v) is 1.43. The van der Waals surface area contributed by atoms with Crippen LogP contribution >= 0.6 is 0 Å². The molecule has 1 rings (SSSR count). The number of hydrogen-bond donors (Lipinski definition) is 0. The molecule has 0 amide bonds. The minimum atomic E-state index is -5.59. The van der Waals surface area contributed by atoms with Crippen LogP contribution in [0.3, 0.4) is 0 Å². The molecule has 0 spiro atoms. The van der Waals surface area contributed by atoms with Gasteiger partial charge in [-0.3, -0.25) is 0 Å². The lowest BCUT2D eigenvalue weighted by Gasteiger charge is -2.23. The Morgan fingerprint density at radius 2 is 1.24 bits per heavy atom. The summed E-state index contributed by atoms with van der Waals surface area (Å²) in [4.78, 5) is 0. The van der Waals surface area contributed by atoms with Gasteiger partial charge < -0.3 is 4.74 Å². The van der Waals surface area contributed by atoms with Crippen LogP contribution in [0.4, 0.5) is 39.5 Å². The lowest BCUT2D eigenvalue weighted by molar-refractivity contribution is -0.253. The van der Waals surface area contributed by atoms with Crippen molar-refractivity contribution >= 4 is 0 Å². The van der Waals surface area contributed by atoms with Crippen molar-refractivity contribution in [1.29, 1.82) is 0 Å². The van der Waals surface area contributed by atoms with Crippen LogP contribution < -0.4 is 4.74 Å². The molecule has 0 aliphatic heterocycles. The van der Waals surface area contributed by atoms with Gasteiger partial charge in [0.2, 0.25) is 0 Å². The molecule has 1 aromatic rings. The zero-order valence-corrected chi connectivity index (χ0v) is 9.70.